The van der Waals surface area contributed by atoms with E-state index in [1.54, 1.807) is 18.2 Å². The Morgan fingerprint density at radius 2 is 2.00 bits per heavy atom. The van der Waals surface area contributed by atoms with Crippen LogP contribution in [0.25, 0.3) is 0 Å². The molecule has 0 radical (unpaired) electrons. The molecule has 0 aliphatic carbocycles. The third-order valence-corrected chi connectivity index (χ3v) is 3.55. The molecular formula is C13H8BrClF2N2O2. The lowest BCUT2D eigenvalue weighted by atomic mass is 10.2. The van der Waals surface area contributed by atoms with Crippen molar-refractivity contribution in [2.24, 2.45) is 0 Å². The standard InChI is InChI=1S/C13H8BrClF2N2O2/c14-8-2-1-7(10(15)3-8)6-18-13-11(17)4-9(16)5-12(13)19(20)21/h1-5,18H,6H2. The minimum atomic E-state index is -1.03. The zero-order valence-electron chi connectivity index (χ0n) is 10.4. The van der Waals surface area contributed by atoms with Crippen LogP contribution in [0.3, 0.4) is 0 Å². The van der Waals surface area contributed by atoms with Gasteiger partial charge in [-0.25, -0.2) is 8.78 Å². The van der Waals surface area contributed by atoms with Crippen LogP contribution in [-0.4, -0.2) is 4.92 Å². The van der Waals surface area contributed by atoms with Crippen molar-refractivity contribution in [2.75, 3.05) is 5.32 Å². The van der Waals surface area contributed by atoms with Gasteiger partial charge in [0, 0.05) is 22.1 Å². The second-order valence-electron chi connectivity index (χ2n) is 4.13. The van der Waals surface area contributed by atoms with Crippen molar-refractivity contribution in [1.29, 1.82) is 0 Å². The lowest BCUT2D eigenvalue weighted by Gasteiger charge is -2.10. The molecule has 0 heterocycles. The van der Waals surface area contributed by atoms with Gasteiger partial charge in [0.2, 0.25) is 0 Å². The lowest BCUT2D eigenvalue weighted by Crippen LogP contribution is -2.06. The first-order valence-corrected chi connectivity index (χ1v) is 6.87. The highest BCUT2D eigenvalue weighted by Crippen LogP contribution is 2.30. The minimum Gasteiger partial charge on any atom is -0.373 e. The molecule has 0 bridgehead atoms. The van der Waals surface area contributed by atoms with Gasteiger partial charge in [0.05, 0.1) is 11.0 Å². The molecule has 110 valence electrons. The maximum atomic E-state index is 13.7. The summed E-state index contributed by atoms with van der Waals surface area (Å²) in [6.45, 7) is 0.0650. The molecule has 4 nitrogen and oxygen atoms in total. The van der Waals surface area contributed by atoms with Crippen LogP contribution < -0.4 is 5.32 Å². The van der Waals surface area contributed by atoms with Crippen molar-refractivity contribution < 1.29 is 13.7 Å². The second kappa shape index (κ2) is 6.36. The average Bonchev–Trinajstić information content (AvgIpc) is 2.38. The Morgan fingerprint density at radius 3 is 2.62 bits per heavy atom. The third kappa shape index (κ3) is 3.68. The monoisotopic (exact) mass is 376 g/mol. The van der Waals surface area contributed by atoms with Crippen LogP contribution in [0.5, 0.6) is 0 Å². The highest BCUT2D eigenvalue weighted by molar-refractivity contribution is 9.10. The molecule has 0 atom stereocenters. The largest absolute Gasteiger partial charge is 0.373 e. The Balaban J connectivity index is 2.29. The van der Waals surface area contributed by atoms with Crippen molar-refractivity contribution in [3.63, 3.8) is 0 Å². The van der Waals surface area contributed by atoms with Crippen LogP contribution in [0, 0.1) is 21.7 Å². The molecular weight excluding hydrogens is 370 g/mol. The van der Waals surface area contributed by atoms with Gasteiger partial charge in [-0.2, -0.15) is 0 Å². The zero-order chi connectivity index (χ0) is 15.6. The molecule has 0 aromatic heterocycles. The van der Waals surface area contributed by atoms with Crippen molar-refractivity contribution in [1.82, 2.24) is 0 Å². The summed E-state index contributed by atoms with van der Waals surface area (Å²) in [4.78, 5) is 10.00. The first kappa shape index (κ1) is 15.7. The van der Waals surface area contributed by atoms with E-state index in [1.807, 2.05) is 0 Å². The normalized spacial score (nSPS) is 10.5. The summed E-state index contributed by atoms with van der Waals surface area (Å²) < 4.78 is 27.5. The van der Waals surface area contributed by atoms with Gasteiger partial charge in [-0.05, 0) is 17.7 Å². The molecule has 0 fully saturated rings. The fourth-order valence-corrected chi connectivity index (χ4v) is 2.47. The molecule has 2 aromatic rings. The quantitative estimate of drug-likeness (QED) is 0.609. The topological polar surface area (TPSA) is 55.2 Å². The predicted octanol–water partition coefficient (Wildman–Crippen LogP) is 4.90. The molecule has 21 heavy (non-hydrogen) atoms. The van der Waals surface area contributed by atoms with Crippen LogP contribution in [0.2, 0.25) is 5.02 Å². The number of nitrogens with zero attached hydrogens (tertiary/aromatic N) is 1. The van der Waals surface area contributed by atoms with Gasteiger partial charge in [-0.15, -0.1) is 0 Å². The highest BCUT2D eigenvalue weighted by Gasteiger charge is 2.20. The van der Waals surface area contributed by atoms with Crippen molar-refractivity contribution in [3.05, 3.63) is 67.1 Å². The van der Waals surface area contributed by atoms with E-state index < -0.39 is 22.2 Å². The van der Waals surface area contributed by atoms with E-state index in [0.717, 1.165) is 4.47 Å². The predicted molar refractivity (Wildman–Crippen MR) is 79.5 cm³/mol. The van der Waals surface area contributed by atoms with Crippen molar-refractivity contribution >= 4 is 38.9 Å². The number of halogens is 4. The Morgan fingerprint density at radius 1 is 1.29 bits per heavy atom. The second-order valence-corrected chi connectivity index (χ2v) is 5.45. The van der Waals surface area contributed by atoms with Gasteiger partial charge in [-0.1, -0.05) is 33.6 Å². The molecule has 8 heteroatoms. The summed E-state index contributed by atoms with van der Waals surface area (Å²) in [6.07, 6.45) is 0. The summed E-state index contributed by atoms with van der Waals surface area (Å²) in [5.41, 5.74) is -0.418. The Labute approximate surface area is 132 Å². The van der Waals surface area contributed by atoms with Gasteiger partial charge in [0.15, 0.2) is 5.82 Å². The van der Waals surface area contributed by atoms with E-state index >= 15 is 0 Å². The van der Waals surface area contributed by atoms with Gasteiger partial charge in [-0.3, -0.25) is 10.1 Å². The molecule has 2 rings (SSSR count). The molecule has 0 saturated carbocycles. The Bertz CT molecular complexity index is 713. The number of hydrogen-bond donors (Lipinski definition) is 1. The number of nitro benzene ring substituents is 1. The number of nitro groups is 1. The smallest absolute Gasteiger partial charge is 0.298 e. The van der Waals surface area contributed by atoms with E-state index in [9.17, 15) is 18.9 Å². The maximum Gasteiger partial charge on any atom is 0.298 e. The minimum absolute atomic E-state index is 0.0650. The molecule has 2 aromatic carbocycles. The van der Waals surface area contributed by atoms with E-state index in [2.05, 4.69) is 21.2 Å². The van der Waals surface area contributed by atoms with E-state index in [1.165, 1.54) is 0 Å². The SMILES string of the molecule is O=[N+]([O-])c1cc(F)cc(F)c1NCc1ccc(Br)cc1Cl. The van der Waals surface area contributed by atoms with E-state index in [-0.39, 0.29) is 12.2 Å². The average molecular weight is 378 g/mol. The highest BCUT2D eigenvalue weighted by atomic mass is 79.9. The summed E-state index contributed by atoms with van der Waals surface area (Å²) in [5, 5.41) is 13.9. The molecule has 0 spiro atoms. The van der Waals surface area contributed by atoms with Gasteiger partial charge in [0.1, 0.15) is 11.5 Å². The summed E-state index contributed by atoms with van der Waals surface area (Å²) in [7, 11) is 0. The molecule has 0 aliphatic rings. The van der Waals surface area contributed by atoms with Crippen LogP contribution in [0.1, 0.15) is 5.56 Å². The maximum absolute atomic E-state index is 13.7. The van der Waals surface area contributed by atoms with Crippen molar-refractivity contribution in [3.8, 4) is 0 Å². The van der Waals surface area contributed by atoms with E-state index in [0.29, 0.717) is 22.7 Å². The molecule has 0 aliphatic heterocycles. The van der Waals surface area contributed by atoms with Gasteiger partial charge >= 0.3 is 0 Å². The number of hydrogen-bond acceptors (Lipinski definition) is 3. The number of anilines is 1. The molecule has 0 amide bonds. The number of benzene rings is 2. The fraction of sp³-hybridized carbons (Fsp3) is 0.0769. The molecule has 0 unspecified atom stereocenters. The van der Waals surface area contributed by atoms with Crippen molar-refractivity contribution in [2.45, 2.75) is 6.54 Å². The Hall–Kier alpha value is -1.73. The first-order chi connectivity index (χ1) is 9.88. The molecule has 0 saturated heterocycles. The summed E-state index contributed by atoms with van der Waals surface area (Å²) >= 11 is 9.25. The van der Waals surface area contributed by atoms with Gasteiger partial charge in [0.25, 0.3) is 5.69 Å². The lowest BCUT2D eigenvalue weighted by molar-refractivity contribution is -0.384. The van der Waals surface area contributed by atoms with E-state index in [4.69, 9.17) is 11.6 Å². The summed E-state index contributed by atoms with van der Waals surface area (Å²) in [6, 6.07) is 6.31. The zero-order valence-corrected chi connectivity index (χ0v) is 12.7. The van der Waals surface area contributed by atoms with Crippen LogP contribution >= 0.6 is 27.5 Å². The Kier molecular flexibility index (Phi) is 4.74. The number of nitrogens with one attached hydrogen (secondary N) is 1. The summed E-state index contributed by atoms with van der Waals surface area (Å²) in [5.74, 6) is -2.04. The van der Waals surface area contributed by atoms with Gasteiger partial charge < -0.3 is 5.32 Å². The first-order valence-electron chi connectivity index (χ1n) is 5.69. The van der Waals surface area contributed by atoms with Crippen LogP contribution in [0.15, 0.2) is 34.8 Å². The van der Waals surface area contributed by atoms with Crippen LogP contribution in [0.4, 0.5) is 20.2 Å². The third-order valence-electron chi connectivity index (χ3n) is 2.70. The van der Waals surface area contributed by atoms with Crippen LogP contribution in [-0.2, 0) is 6.54 Å². The fourth-order valence-electron chi connectivity index (χ4n) is 1.73. The molecule has 1 N–H and O–H groups in total. The number of rotatable bonds is 4.